The van der Waals surface area contributed by atoms with Crippen LogP contribution in [0.5, 0.6) is 0 Å². The first kappa shape index (κ1) is 12.9. The molecule has 0 saturated carbocycles. The van der Waals surface area contributed by atoms with Gasteiger partial charge in [0.1, 0.15) is 4.90 Å². The van der Waals surface area contributed by atoms with Gasteiger partial charge < -0.3 is 5.73 Å². The van der Waals surface area contributed by atoms with Crippen LogP contribution in [0.25, 0.3) is 0 Å². The van der Waals surface area contributed by atoms with Crippen LogP contribution < -0.4 is 10.5 Å². The van der Waals surface area contributed by atoms with E-state index in [0.717, 1.165) is 0 Å². The smallest absolute Gasteiger partial charge is 0.244 e. The van der Waals surface area contributed by atoms with Crippen molar-refractivity contribution in [3.63, 3.8) is 0 Å². The third kappa shape index (κ3) is 2.93. The Morgan fingerprint density at radius 3 is 2.50 bits per heavy atom. The fourth-order valence-electron chi connectivity index (χ4n) is 1.06. The van der Waals surface area contributed by atoms with Gasteiger partial charge in [0, 0.05) is 18.4 Å². The minimum atomic E-state index is -3.57. The summed E-state index contributed by atoms with van der Waals surface area (Å²) >= 11 is 0. The molecule has 1 rings (SSSR count). The Labute approximate surface area is 96.1 Å². The zero-order valence-corrected chi connectivity index (χ0v) is 10.5. The molecule has 16 heavy (non-hydrogen) atoms. The van der Waals surface area contributed by atoms with E-state index in [2.05, 4.69) is 9.71 Å². The molecule has 1 heterocycles. The molecular weight excluding hydrogens is 226 g/mol. The molecule has 0 aliphatic carbocycles. The predicted molar refractivity (Wildman–Crippen MR) is 63.3 cm³/mol. The Morgan fingerprint density at radius 1 is 1.38 bits per heavy atom. The molecule has 5 nitrogen and oxygen atoms in total. The van der Waals surface area contributed by atoms with Crippen molar-refractivity contribution < 1.29 is 8.42 Å². The largest absolute Gasteiger partial charge is 0.398 e. The number of nitrogens with one attached hydrogen (secondary N) is 1. The van der Waals surface area contributed by atoms with E-state index in [0.29, 0.717) is 0 Å². The van der Waals surface area contributed by atoms with Gasteiger partial charge in [0.2, 0.25) is 10.0 Å². The fraction of sp³-hybridized carbons (Fsp3) is 0.500. The van der Waals surface area contributed by atoms with Crippen molar-refractivity contribution in [3.8, 4) is 0 Å². The van der Waals surface area contributed by atoms with Gasteiger partial charge in [0.15, 0.2) is 0 Å². The van der Waals surface area contributed by atoms with Gasteiger partial charge in [-0.05, 0) is 18.9 Å². The number of nitrogens with two attached hydrogens (primary N) is 1. The number of aromatic nitrogens is 1. The molecule has 0 amide bonds. The van der Waals surface area contributed by atoms with Crippen molar-refractivity contribution in [2.75, 3.05) is 5.73 Å². The Hall–Kier alpha value is -1.14. The minimum Gasteiger partial charge on any atom is -0.398 e. The number of rotatable bonds is 4. The third-order valence-corrected chi connectivity index (χ3v) is 4.05. The Bertz CT molecular complexity index is 457. The lowest BCUT2D eigenvalue weighted by molar-refractivity contribution is 0.476. The summed E-state index contributed by atoms with van der Waals surface area (Å²) in [5.74, 6) is 0.215. The molecule has 0 fully saturated rings. The molecule has 1 unspecified atom stereocenters. The number of anilines is 1. The molecule has 6 heteroatoms. The summed E-state index contributed by atoms with van der Waals surface area (Å²) in [6.45, 7) is 5.70. The van der Waals surface area contributed by atoms with Crippen LogP contribution in [0, 0.1) is 5.92 Å². The number of nitrogens with zero attached hydrogens (tertiary/aromatic N) is 1. The second kappa shape index (κ2) is 4.80. The van der Waals surface area contributed by atoms with Gasteiger partial charge in [-0.25, -0.2) is 13.1 Å². The summed E-state index contributed by atoms with van der Waals surface area (Å²) in [6, 6.07) is 1.32. The van der Waals surface area contributed by atoms with E-state index in [4.69, 9.17) is 5.73 Å². The van der Waals surface area contributed by atoms with Crippen molar-refractivity contribution in [1.82, 2.24) is 9.71 Å². The van der Waals surface area contributed by atoms with Gasteiger partial charge in [-0.3, -0.25) is 4.98 Å². The maximum atomic E-state index is 11.9. The molecule has 0 saturated heterocycles. The maximum Gasteiger partial charge on any atom is 0.244 e. The summed E-state index contributed by atoms with van der Waals surface area (Å²) in [4.78, 5) is 3.79. The normalized spacial score (nSPS) is 14.0. The monoisotopic (exact) mass is 243 g/mol. The maximum absolute atomic E-state index is 11.9. The molecule has 0 spiro atoms. The van der Waals surface area contributed by atoms with Gasteiger partial charge in [-0.15, -0.1) is 0 Å². The first-order valence-corrected chi connectivity index (χ1v) is 6.54. The lowest BCUT2D eigenvalue weighted by Crippen LogP contribution is -2.36. The average molecular weight is 243 g/mol. The van der Waals surface area contributed by atoms with Crippen molar-refractivity contribution in [2.24, 2.45) is 5.92 Å². The number of hydrogen-bond acceptors (Lipinski definition) is 4. The predicted octanol–water partition coefficient (Wildman–Crippen LogP) is 0.987. The molecule has 0 bridgehead atoms. The molecular formula is C10H17N3O2S. The van der Waals surface area contributed by atoms with Crippen molar-refractivity contribution in [3.05, 3.63) is 18.5 Å². The Balaban J connectivity index is 3.00. The van der Waals surface area contributed by atoms with Crippen LogP contribution in [0.15, 0.2) is 23.4 Å². The van der Waals surface area contributed by atoms with Crippen molar-refractivity contribution >= 4 is 15.7 Å². The lowest BCUT2D eigenvalue weighted by atomic mass is 10.1. The molecule has 3 N–H and O–H groups in total. The highest BCUT2D eigenvalue weighted by Crippen LogP contribution is 2.16. The number of sulfonamides is 1. The van der Waals surface area contributed by atoms with Crippen molar-refractivity contribution in [2.45, 2.75) is 31.7 Å². The van der Waals surface area contributed by atoms with Crippen LogP contribution >= 0.6 is 0 Å². The molecule has 90 valence electrons. The Kier molecular flexibility index (Phi) is 3.88. The molecule has 0 aliphatic heterocycles. The quantitative estimate of drug-likeness (QED) is 0.825. The first-order chi connectivity index (χ1) is 7.34. The molecule has 1 aromatic rings. The molecule has 0 radical (unpaired) electrons. The van der Waals surface area contributed by atoms with E-state index in [-0.39, 0.29) is 22.5 Å². The van der Waals surface area contributed by atoms with Gasteiger partial charge in [0.25, 0.3) is 0 Å². The van der Waals surface area contributed by atoms with Crippen LogP contribution in [0.3, 0.4) is 0 Å². The standard InChI is InChI=1S/C10H17N3O2S/c1-7(2)8(3)13-16(14,15)10-6-12-5-4-9(10)11/h4-8,13H,1-3H3,(H2,11,12). The highest BCUT2D eigenvalue weighted by atomic mass is 32.2. The molecule has 1 aromatic heterocycles. The van der Waals surface area contributed by atoms with E-state index in [1.165, 1.54) is 18.5 Å². The molecule has 0 aliphatic rings. The van der Waals surface area contributed by atoms with Crippen LogP contribution in [0.4, 0.5) is 5.69 Å². The molecule has 1 atom stereocenters. The highest BCUT2D eigenvalue weighted by molar-refractivity contribution is 7.89. The van der Waals surface area contributed by atoms with E-state index in [1.54, 1.807) is 0 Å². The number of hydrogen-bond donors (Lipinski definition) is 2. The fourth-order valence-corrected chi connectivity index (χ4v) is 2.53. The zero-order valence-electron chi connectivity index (χ0n) is 9.64. The summed E-state index contributed by atoms with van der Waals surface area (Å²) in [5.41, 5.74) is 5.81. The topological polar surface area (TPSA) is 85.1 Å². The van der Waals surface area contributed by atoms with Crippen LogP contribution in [-0.2, 0) is 10.0 Å². The SMILES string of the molecule is CC(C)C(C)NS(=O)(=O)c1cnccc1N. The van der Waals surface area contributed by atoms with Crippen molar-refractivity contribution in [1.29, 1.82) is 0 Å². The second-order valence-electron chi connectivity index (χ2n) is 4.07. The number of nitrogen functional groups attached to an aromatic ring is 1. The summed E-state index contributed by atoms with van der Waals surface area (Å²) < 4.78 is 26.4. The van der Waals surface area contributed by atoms with E-state index in [9.17, 15) is 8.42 Å². The molecule has 0 aromatic carbocycles. The minimum absolute atomic E-state index is 0.0301. The van der Waals surface area contributed by atoms with Crippen LogP contribution in [-0.4, -0.2) is 19.4 Å². The van der Waals surface area contributed by atoms with Crippen LogP contribution in [0.2, 0.25) is 0 Å². The van der Waals surface area contributed by atoms with E-state index < -0.39 is 10.0 Å². The lowest BCUT2D eigenvalue weighted by Gasteiger charge is -2.17. The average Bonchev–Trinajstić information content (AvgIpc) is 2.17. The third-order valence-electron chi connectivity index (χ3n) is 2.45. The van der Waals surface area contributed by atoms with Gasteiger partial charge in [-0.1, -0.05) is 13.8 Å². The highest BCUT2D eigenvalue weighted by Gasteiger charge is 2.21. The summed E-state index contributed by atoms with van der Waals surface area (Å²) in [5, 5.41) is 0. The summed E-state index contributed by atoms with van der Waals surface area (Å²) in [7, 11) is -3.57. The second-order valence-corrected chi connectivity index (χ2v) is 5.75. The van der Waals surface area contributed by atoms with Gasteiger partial charge in [0.05, 0.1) is 5.69 Å². The Morgan fingerprint density at radius 2 is 2.00 bits per heavy atom. The van der Waals surface area contributed by atoms with Gasteiger partial charge in [-0.2, -0.15) is 0 Å². The first-order valence-electron chi connectivity index (χ1n) is 5.06. The van der Waals surface area contributed by atoms with Crippen LogP contribution in [0.1, 0.15) is 20.8 Å². The van der Waals surface area contributed by atoms with E-state index >= 15 is 0 Å². The summed E-state index contributed by atoms with van der Waals surface area (Å²) in [6.07, 6.45) is 2.71. The van der Waals surface area contributed by atoms with Gasteiger partial charge >= 0.3 is 0 Å². The zero-order chi connectivity index (χ0) is 12.3. The van der Waals surface area contributed by atoms with E-state index in [1.807, 2.05) is 20.8 Å². The number of pyridine rings is 1.